The van der Waals surface area contributed by atoms with Crippen molar-refractivity contribution >= 4 is 65.7 Å². The van der Waals surface area contributed by atoms with E-state index in [1.165, 1.54) is 10.9 Å². The van der Waals surface area contributed by atoms with E-state index in [9.17, 15) is 10.2 Å². The van der Waals surface area contributed by atoms with Crippen LogP contribution in [0.3, 0.4) is 0 Å². The van der Waals surface area contributed by atoms with Crippen molar-refractivity contribution in [2.45, 2.75) is 19.3 Å². The van der Waals surface area contributed by atoms with Gasteiger partial charge in [-0.15, -0.1) is 53.1 Å². The zero-order chi connectivity index (χ0) is 81.1. The van der Waals surface area contributed by atoms with E-state index in [1.807, 2.05) is 79.1 Å². The second-order valence-corrected chi connectivity index (χ2v) is 31.0. The molecule has 6 aromatic heterocycles. The Morgan fingerprint density at radius 2 is 0.602 bits per heavy atom. The Kier molecular flexibility index (Phi) is 21.1. The van der Waals surface area contributed by atoms with Crippen LogP contribution in [0.15, 0.2) is 413 Å². The summed E-state index contributed by atoms with van der Waals surface area (Å²) in [6.45, 7) is 4.56. The summed E-state index contributed by atoms with van der Waals surface area (Å²) in [5, 5.41) is 27.2. The van der Waals surface area contributed by atoms with E-state index < -0.39 is 0 Å². The number of fused-ring (bicyclic) bond motifs is 8. The molecule has 0 spiro atoms. The molecule has 0 aliphatic carbocycles. The number of phenolic OH excluding ortho intramolecular Hbond substituents is 2. The number of rotatable bonds is 15. The third-order valence-corrected chi connectivity index (χ3v) is 23.5. The zero-order valence-corrected chi connectivity index (χ0v) is 71.4. The molecular formula is C111H76N8O2Pt2-2. The third-order valence-electron chi connectivity index (χ3n) is 23.5. The Hall–Kier alpha value is -14.7. The van der Waals surface area contributed by atoms with E-state index >= 15 is 0 Å². The van der Waals surface area contributed by atoms with Crippen LogP contribution in [-0.4, -0.2) is 48.4 Å². The number of hydrogen-bond donors (Lipinski definition) is 2. The predicted octanol–water partition coefficient (Wildman–Crippen LogP) is 27.4. The maximum atomic E-state index is 11.4. The van der Waals surface area contributed by atoms with Crippen molar-refractivity contribution in [2.75, 3.05) is 0 Å². The number of hydrogen-bond acceptors (Lipinski definition) is 6. The molecule has 0 unspecified atom stereocenters. The van der Waals surface area contributed by atoms with Crippen LogP contribution in [0.2, 0.25) is 0 Å². The molecule has 0 atom stereocenters. The number of phenols is 2. The van der Waals surface area contributed by atoms with E-state index in [0.717, 1.165) is 167 Å². The van der Waals surface area contributed by atoms with Gasteiger partial charge in [-0.25, -0.2) is 9.97 Å². The minimum Gasteiger partial charge on any atom is -0.507 e. The molecule has 594 valence electrons. The molecule has 0 aliphatic rings. The van der Waals surface area contributed by atoms with Gasteiger partial charge in [-0.3, -0.25) is 19.1 Å². The monoisotopic (exact) mass is 1940 g/mol. The summed E-state index contributed by atoms with van der Waals surface area (Å²) in [4.78, 5) is 21.2. The molecular weight excluding hydrogens is 1870 g/mol. The zero-order valence-electron chi connectivity index (χ0n) is 66.9. The molecule has 22 rings (SSSR count). The molecule has 22 aromatic rings. The molecule has 0 fully saturated rings. The smallest absolute Gasteiger partial charge is 0.148 e. The van der Waals surface area contributed by atoms with E-state index in [0.29, 0.717) is 22.8 Å². The largest absolute Gasteiger partial charge is 0.507 e. The Labute approximate surface area is 740 Å². The maximum absolute atomic E-state index is 11.4. The number of nitrogens with zero attached hydrogens (tertiary/aromatic N) is 8. The fourth-order valence-corrected chi connectivity index (χ4v) is 17.5. The van der Waals surface area contributed by atoms with E-state index in [2.05, 4.69) is 366 Å². The average molecular weight is 1940 g/mol. The van der Waals surface area contributed by atoms with E-state index in [1.54, 1.807) is 12.1 Å². The van der Waals surface area contributed by atoms with E-state index in [4.69, 9.17) is 19.9 Å². The number of aromatic nitrogens is 8. The van der Waals surface area contributed by atoms with Crippen LogP contribution < -0.4 is 0 Å². The van der Waals surface area contributed by atoms with Crippen molar-refractivity contribution in [3.8, 4) is 135 Å². The van der Waals surface area contributed by atoms with Crippen molar-refractivity contribution in [3.63, 3.8) is 0 Å². The first-order chi connectivity index (χ1) is 59.6. The van der Waals surface area contributed by atoms with Gasteiger partial charge in [0.1, 0.15) is 23.1 Å². The maximum Gasteiger partial charge on any atom is 0.148 e. The van der Waals surface area contributed by atoms with E-state index in [-0.39, 0.29) is 59.0 Å². The van der Waals surface area contributed by atoms with Gasteiger partial charge in [0.15, 0.2) is 0 Å². The third kappa shape index (κ3) is 14.2. The number of benzene rings is 16. The molecule has 123 heavy (non-hydrogen) atoms. The number of imidazole rings is 2. The molecule has 0 saturated heterocycles. The topological polar surface area (TPSA) is 112 Å². The second-order valence-electron chi connectivity index (χ2n) is 31.0. The van der Waals surface area contributed by atoms with Gasteiger partial charge in [-0.2, -0.15) is 0 Å². The summed E-state index contributed by atoms with van der Waals surface area (Å²) in [5.74, 6) is 1.63. The molecule has 12 heteroatoms. The van der Waals surface area contributed by atoms with Gasteiger partial charge in [0.2, 0.25) is 0 Å². The van der Waals surface area contributed by atoms with Gasteiger partial charge < -0.3 is 19.3 Å². The number of pyridine rings is 2. The SMILES string of the molecule is CC(C)(c1ccccc1)c1cc(-c2cc3c4ccccc4n(-c4ccccc4)c3cn2)[c-]c(-c2cccc3c2nc(-c2ccccc2O)n3-c2ccccc2-c2ccccc2)c1.Oc1ccccc1-c1nc2c(-c3[c-]c(-c4cc5c6ccccc6n(-c6ccccc6)c5cn4)cc(-c4ccccc4)c3)cccc2n1-c1ccccc1-c1ccccc1.[Pt].[Pt]. The van der Waals surface area contributed by atoms with Gasteiger partial charge in [0.25, 0.3) is 0 Å². The Bertz CT molecular complexity index is 7700. The minimum atomic E-state index is -0.365. The van der Waals surface area contributed by atoms with Gasteiger partial charge in [-0.05, 0) is 107 Å². The molecule has 0 radical (unpaired) electrons. The molecule has 6 heterocycles. The summed E-state index contributed by atoms with van der Waals surface area (Å²) in [5.41, 5.74) is 28.7. The summed E-state index contributed by atoms with van der Waals surface area (Å²) in [7, 11) is 0. The first-order valence-corrected chi connectivity index (χ1v) is 40.7. The molecule has 0 saturated carbocycles. The molecule has 0 aliphatic heterocycles. The fraction of sp³-hybridized carbons (Fsp3) is 0.0270. The van der Waals surface area contributed by atoms with Crippen LogP contribution in [0.5, 0.6) is 11.5 Å². The summed E-state index contributed by atoms with van der Waals surface area (Å²) in [6, 6.07) is 145. The van der Waals surface area contributed by atoms with Gasteiger partial charge in [0, 0.05) is 115 Å². The number of para-hydroxylation sites is 10. The van der Waals surface area contributed by atoms with Gasteiger partial charge in [-0.1, -0.05) is 333 Å². The Morgan fingerprint density at radius 1 is 0.260 bits per heavy atom. The first-order valence-electron chi connectivity index (χ1n) is 40.7. The Balaban J connectivity index is 0.000000159. The fourth-order valence-electron chi connectivity index (χ4n) is 17.5. The van der Waals surface area contributed by atoms with Crippen molar-refractivity contribution in [3.05, 3.63) is 436 Å². The quantitative estimate of drug-likeness (QED) is 0.0989. The standard InChI is InChI=1S/C57H41N4O.C54H35N4O.2Pt/c1-57(2,41-21-8-4-9-22-41)42-34-39(33-40(35-42)49-36-48-46-26-13-16-30-51(46)60(53(48)37-58-49)43-23-10-5-11-24-43)45-28-18-31-52-55(45)59-56(47-27-14-17-32-54(47)62)61(52)50-29-15-12-25-44(50)38-19-6-3-7-20-38;59-52-30-15-12-25-45(52)54-56-53-43(26-16-29-50(53)58(54)48-27-13-10-23-42(48)37-19-6-2-7-20-37)39-31-38(36-17-4-1-5-18-36)32-40(33-39)47-34-46-44-24-11-14-28-49(44)57(51(46)35-55-47)41-21-8-3-9-22-41;;/h3-32,34-37,62H,1-2H3;1-32,34-35,59H;;/q2*-1;;. The predicted molar refractivity (Wildman–Crippen MR) is 495 cm³/mol. The van der Waals surface area contributed by atoms with Crippen LogP contribution in [0.1, 0.15) is 25.0 Å². The summed E-state index contributed by atoms with van der Waals surface area (Å²) >= 11 is 0. The van der Waals surface area contributed by atoms with Crippen LogP contribution in [0.25, 0.3) is 189 Å². The van der Waals surface area contributed by atoms with Crippen molar-refractivity contribution in [1.29, 1.82) is 0 Å². The molecule has 0 bridgehead atoms. The molecule has 0 amide bonds. The van der Waals surface area contributed by atoms with Gasteiger partial charge >= 0.3 is 0 Å². The minimum absolute atomic E-state index is 0. The summed E-state index contributed by atoms with van der Waals surface area (Å²) < 4.78 is 8.94. The number of aromatic hydroxyl groups is 2. The molecule has 16 aromatic carbocycles. The van der Waals surface area contributed by atoms with Crippen LogP contribution in [-0.2, 0) is 47.5 Å². The van der Waals surface area contributed by atoms with Crippen molar-refractivity contribution in [2.24, 2.45) is 0 Å². The van der Waals surface area contributed by atoms with Gasteiger partial charge in [0.05, 0.1) is 66.6 Å². The summed E-state index contributed by atoms with van der Waals surface area (Å²) in [6.07, 6.45) is 4.00. The molecule has 10 nitrogen and oxygen atoms in total. The normalized spacial score (nSPS) is 11.4. The van der Waals surface area contributed by atoms with Crippen LogP contribution >= 0.6 is 0 Å². The second kappa shape index (κ2) is 33.2. The first kappa shape index (κ1) is 78.2. The van der Waals surface area contributed by atoms with Crippen molar-refractivity contribution < 1.29 is 52.3 Å². The average Bonchev–Trinajstić information content (AvgIpc) is 1.61. The van der Waals surface area contributed by atoms with Crippen LogP contribution in [0.4, 0.5) is 0 Å². The van der Waals surface area contributed by atoms with Crippen molar-refractivity contribution in [1.82, 2.24) is 38.2 Å². The van der Waals surface area contributed by atoms with Crippen LogP contribution in [0, 0.1) is 12.1 Å². The Morgan fingerprint density at radius 3 is 1.06 bits per heavy atom. The molecule has 2 N–H and O–H groups in total.